The number of nitrogens with zero attached hydrogens (tertiary/aromatic N) is 2. The van der Waals surface area contributed by atoms with Gasteiger partial charge in [-0.15, -0.1) is 0 Å². The minimum atomic E-state index is -0.828. The van der Waals surface area contributed by atoms with Gasteiger partial charge in [-0.25, -0.2) is 0 Å². The zero-order chi connectivity index (χ0) is 24.8. The van der Waals surface area contributed by atoms with Crippen LogP contribution in [0.5, 0.6) is 11.5 Å². The van der Waals surface area contributed by atoms with Crippen molar-refractivity contribution in [2.24, 2.45) is 0 Å². The molecule has 0 spiro atoms. The van der Waals surface area contributed by atoms with Crippen LogP contribution in [0.25, 0.3) is 6.08 Å². The van der Waals surface area contributed by atoms with E-state index in [-0.39, 0.29) is 5.57 Å². The first-order valence-corrected chi connectivity index (χ1v) is 11.6. The standard InChI is InChI=1S/C26H30N2O7/c1-32-19-7-9-22(33-2)20(17-19)24-23(21(29)8-6-18-5-3-14-35-18)25(30)26(31)28(24)11-4-10-27-12-15-34-16-13-27/h3,5-9,14,17,24,30H,4,10-13,15-16H2,1-2H3/b8-6+/t24-/m0/s1. The van der Waals surface area contributed by atoms with E-state index in [4.69, 9.17) is 18.6 Å². The summed E-state index contributed by atoms with van der Waals surface area (Å²) in [6.07, 6.45) is 4.98. The maximum Gasteiger partial charge on any atom is 0.290 e. The van der Waals surface area contributed by atoms with Crippen molar-refractivity contribution in [2.75, 3.05) is 53.6 Å². The summed E-state index contributed by atoms with van der Waals surface area (Å²) in [6, 6.07) is 7.78. The fourth-order valence-corrected chi connectivity index (χ4v) is 4.44. The number of ether oxygens (including phenoxy) is 3. The molecule has 0 bridgehead atoms. The summed E-state index contributed by atoms with van der Waals surface area (Å²) in [6.45, 7) is 4.18. The molecule has 2 aromatic rings. The predicted octanol–water partition coefficient (Wildman–Crippen LogP) is 3.00. The van der Waals surface area contributed by atoms with E-state index in [0.717, 1.165) is 19.6 Å². The number of aliphatic hydroxyl groups excluding tert-OH is 1. The highest BCUT2D eigenvalue weighted by molar-refractivity contribution is 6.14. The minimum Gasteiger partial charge on any atom is -0.503 e. The summed E-state index contributed by atoms with van der Waals surface area (Å²) >= 11 is 0. The van der Waals surface area contributed by atoms with Gasteiger partial charge in [-0.2, -0.15) is 0 Å². The van der Waals surface area contributed by atoms with Crippen LogP contribution in [-0.2, 0) is 14.3 Å². The number of allylic oxidation sites excluding steroid dienone is 1. The van der Waals surface area contributed by atoms with E-state index >= 15 is 0 Å². The van der Waals surface area contributed by atoms with Gasteiger partial charge >= 0.3 is 0 Å². The van der Waals surface area contributed by atoms with Gasteiger partial charge < -0.3 is 28.6 Å². The van der Waals surface area contributed by atoms with Crippen LogP contribution >= 0.6 is 0 Å². The first-order valence-electron chi connectivity index (χ1n) is 11.6. The first kappa shape index (κ1) is 24.6. The van der Waals surface area contributed by atoms with Crippen LogP contribution in [0.1, 0.15) is 23.8 Å². The van der Waals surface area contributed by atoms with Gasteiger partial charge in [0.25, 0.3) is 5.91 Å². The number of ketones is 1. The highest BCUT2D eigenvalue weighted by Gasteiger charge is 2.44. The summed E-state index contributed by atoms with van der Waals surface area (Å²) < 4.78 is 21.6. The Morgan fingerprint density at radius 3 is 2.66 bits per heavy atom. The molecule has 1 amide bonds. The number of carbonyl (C=O) groups excluding carboxylic acids is 2. The van der Waals surface area contributed by atoms with E-state index in [2.05, 4.69) is 4.90 Å². The molecule has 1 atom stereocenters. The third-order valence-electron chi connectivity index (χ3n) is 6.22. The molecule has 2 aliphatic rings. The van der Waals surface area contributed by atoms with Crippen LogP contribution in [0.2, 0.25) is 0 Å². The molecule has 1 aromatic heterocycles. The summed E-state index contributed by atoms with van der Waals surface area (Å²) in [5, 5.41) is 10.8. The minimum absolute atomic E-state index is 0.00395. The Hall–Kier alpha value is -3.56. The Labute approximate surface area is 204 Å². The van der Waals surface area contributed by atoms with Crippen molar-refractivity contribution in [3.05, 3.63) is 65.3 Å². The van der Waals surface area contributed by atoms with E-state index < -0.39 is 23.5 Å². The number of furan rings is 1. The molecule has 35 heavy (non-hydrogen) atoms. The lowest BCUT2D eigenvalue weighted by molar-refractivity contribution is -0.129. The second-order valence-corrected chi connectivity index (χ2v) is 8.29. The van der Waals surface area contributed by atoms with Gasteiger partial charge in [-0.3, -0.25) is 14.5 Å². The lowest BCUT2D eigenvalue weighted by atomic mass is 9.94. The van der Waals surface area contributed by atoms with Crippen molar-refractivity contribution < 1.29 is 33.3 Å². The molecule has 0 unspecified atom stereocenters. The highest BCUT2D eigenvalue weighted by atomic mass is 16.5. The fourth-order valence-electron chi connectivity index (χ4n) is 4.44. The van der Waals surface area contributed by atoms with Crippen LogP contribution in [0, 0.1) is 0 Å². The molecule has 9 heteroatoms. The number of hydrogen-bond donors (Lipinski definition) is 1. The monoisotopic (exact) mass is 482 g/mol. The van der Waals surface area contributed by atoms with E-state index in [1.165, 1.54) is 37.5 Å². The van der Waals surface area contributed by atoms with Crippen molar-refractivity contribution in [3.63, 3.8) is 0 Å². The maximum atomic E-state index is 13.3. The average Bonchev–Trinajstić information content (AvgIpc) is 3.50. The van der Waals surface area contributed by atoms with Crippen LogP contribution in [-0.4, -0.2) is 80.2 Å². The van der Waals surface area contributed by atoms with Gasteiger partial charge in [0.05, 0.1) is 45.3 Å². The van der Waals surface area contributed by atoms with E-state index in [9.17, 15) is 14.7 Å². The Morgan fingerprint density at radius 2 is 1.97 bits per heavy atom. The maximum absolute atomic E-state index is 13.3. The largest absolute Gasteiger partial charge is 0.503 e. The Bertz CT molecular complexity index is 1100. The van der Waals surface area contributed by atoms with Crippen molar-refractivity contribution >= 4 is 17.8 Å². The molecule has 0 radical (unpaired) electrons. The van der Waals surface area contributed by atoms with Crippen molar-refractivity contribution in [2.45, 2.75) is 12.5 Å². The fraction of sp³-hybridized carbons (Fsp3) is 0.385. The number of aliphatic hydroxyl groups is 1. The summed E-state index contributed by atoms with van der Waals surface area (Å²) in [5.41, 5.74) is 0.557. The molecule has 3 heterocycles. The molecule has 0 aliphatic carbocycles. The summed E-state index contributed by atoms with van der Waals surface area (Å²) in [4.78, 5) is 30.3. The van der Waals surface area contributed by atoms with Crippen LogP contribution < -0.4 is 9.47 Å². The van der Waals surface area contributed by atoms with Crippen LogP contribution in [0.3, 0.4) is 0 Å². The number of morpholine rings is 1. The lowest BCUT2D eigenvalue weighted by Crippen LogP contribution is -2.39. The Balaban J connectivity index is 1.65. The molecule has 1 N–H and O–H groups in total. The molecule has 2 aliphatic heterocycles. The molecular formula is C26H30N2O7. The topological polar surface area (TPSA) is 102 Å². The first-order chi connectivity index (χ1) is 17.0. The summed E-state index contributed by atoms with van der Waals surface area (Å²) in [5.74, 6) is -0.113. The zero-order valence-electron chi connectivity index (χ0n) is 19.9. The molecule has 4 rings (SSSR count). The molecule has 0 saturated carbocycles. The van der Waals surface area contributed by atoms with Gasteiger partial charge in [-0.05, 0) is 48.9 Å². The van der Waals surface area contributed by atoms with E-state index in [0.29, 0.717) is 49.0 Å². The Morgan fingerprint density at radius 1 is 1.17 bits per heavy atom. The molecule has 1 aromatic carbocycles. The van der Waals surface area contributed by atoms with Gasteiger partial charge in [0.15, 0.2) is 11.5 Å². The third-order valence-corrected chi connectivity index (χ3v) is 6.22. The molecule has 9 nitrogen and oxygen atoms in total. The van der Waals surface area contributed by atoms with Crippen LogP contribution in [0.15, 0.2) is 58.4 Å². The second kappa shape index (κ2) is 11.2. The third kappa shape index (κ3) is 5.41. The predicted molar refractivity (Wildman–Crippen MR) is 128 cm³/mol. The van der Waals surface area contributed by atoms with Gasteiger partial charge in [0.1, 0.15) is 17.3 Å². The van der Waals surface area contributed by atoms with Gasteiger partial charge in [-0.1, -0.05) is 0 Å². The van der Waals surface area contributed by atoms with Crippen molar-refractivity contribution in [1.29, 1.82) is 0 Å². The smallest absolute Gasteiger partial charge is 0.290 e. The van der Waals surface area contributed by atoms with Gasteiger partial charge in [0, 0.05) is 31.7 Å². The number of hydrogen-bond acceptors (Lipinski definition) is 8. The van der Waals surface area contributed by atoms with Crippen molar-refractivity contribution in [1.82, 2.24) is 9.80 Å². The second-order valence-electron chi connectivity index (χ2n) is 8.29. The number of rotatable bonds is 10. The quantitative estimate of drug-likeness (QED) is 0.516. The van der Waals surface area contributed by atoms with Gasteiger partial charge in [0.2, 0.25) is 0 Å². The zero-order valence-corrected chi connectivity index (χ0v) is 19.9. The van der Waals surface area contributed by atoms with Crippen molar-refractivity contribution in [3.8, 4) is 11.5 Å². The SMILES string of the molecule is COc1ccc(OC)c([C@H]2C(C(=O)/C=C/c3ccco3)=C(O)C(=O)N2CCCN2CCOCC2)c1. The highest BCUT2D eigenvalue weighted by Crippen LogP contribution is 2.43. The number of benzene rings is 1. The molecule has 1 saturated heterocycles. The molecule has 186 valence electrons. The van der Waals surface area contributed by atoms with E-state index in [1.54, 1.807) is 30.3 Å². The molecule has 1 fully saturated rings. The lowest BCUT2D eigenvalue weighted by Gasteiger charge is -2.30. The normalized spacial score (nSPS) is 19.1. The van der Waals surface area contributed by atoms with Crippen LogP contribution in [0.4, 0.5) is 0 Å². The number of amides is 1. The number of carbonyl (C=O) groups is 2. The summed E-state index contributed by atoms with van der Waals surface area (Å²) in [7, 11) is 3.06. The average molecular weight is 483 g/mol. The van der Waals surface area contributed by atoms with E-state index in [1.807, 2.05) is 0 Å². The number of methoxy groups -OCH3 is 2. The molecular weight excluding hydrogens is 452 g/mol. The Kier molecular flexibility index (Phi) is 7.89.